The van der Waals surface area contributed by atoms with Gasteiger partial charge in [-0.15, -0.1) is 0 Å². The Morgan fingerprint density at radius 1 is 1.50 bits per heavy atom. The lowest BCUT2D eigenvalue weighted by molar-refractivity contribution is 0.0617. The van der Waals surface area contributed by atoms with Gasteiger partial charge < -0.3 is 15.7 Å². The molecule has 0 aromatic rings. The van der Waals surface area contributed by atoms with Crippen molar-refractivity contribution >= 4 is 0 Å². The molecule has 0 aliphatic carbocycles. The van der Waals surface area contributed by atoms with Crippen LogP contribution < -0.4 is 5.73 Å². The topological polar surface area (TPSA) is 49.5 Å². The van der Waals surface area contributed by atoms with E-state index in [4.69, 9.17) is 5.73 Å². The highest BCUT2D eigenvalue weighted by Crippen LogP contribution is 2.20. The van der Waals surface area contributed by atoms with Crippen molar-refractivity contribution in [2.75, 3.05) is 26.7 Å². The number of aliphatic hydroxyl groups excluding tert-OH is 1. The van der Waals surface area contributed by atoms with E-state index >= 15 is 0 Å². The van der Waals surface area contributed by atoms with Gasteiger partial charge in [0.1, 0.15) is 0 Å². The van der Waals surface area contributed by atoms with Crippen molar-refractivity contribution in [3.63, 3.8) is 0 Å². The van der Waals surface area contributed by atoms with E-state index in [0.717, 1.165) is 32.4 Å². The predicted octanol–water partition coefficient (Wildman–Crippen LogP) is 0.0379. The number of piperidine rings is 1. The van der Waals surface area contributed by atoms with Crippen LogP contribution in [0.2, 0.25) is 0 Å². The monoisotopic (exact) mass is 172 g/mol. The average molecular weight is 172 g/mol. The molecular weight excluding hydrogens is 152 g/mol. The minimum atomic E-state index is -0.163. The molecule has 0 aromatic heterocycles. The van der Waals surface area contributed by atoms with Crippen LogP contribution in [0.25, 0.3) is 0 Å². The van der Waals surface area contributed by atoms with Gasteiger partial charge in [0, 0.05) is 0 Å². The molecule has 0 radical (unpaired) electrons. The van der Waals surface area contributed by atoms with Crippen molar-refractivity contribution in [2.24, 2.45) is 11.7 Å². The number of rotatable bonds is 3. The van der Waals surface area contributed by atoms with Crippen LogP contribution >= 0.6 is 0 Å². The second kappa shape index (κ2) is 4.80. The molecule has 1 aliphatic rings. The number of hydrogen-bond acceptors (Lipinski definition) is 3. The Morgan fingerprint density at radius 3 is 2.58 bits per heavy atom. The lowest BCUT2D eigenvalue weighted by atomic mass is 9.90. The Bertz CT molecular complexity index is 122. The fraction of sp³-hybridized carbons (Fsp3) is 1.00. The number of hydrogen-bond donors (Lipinski definition) is 2. The molecule has 72 valence electrons. The zero-order chi connectivity index (χ0) is 8.97. The van der Waals surface area contributed by atoms with Crippen LogP contribution in [-0.2, 0) is 0 Å². The third-order valence-corrected chi connectivity index (χ3v) is 2.77. The lowest BCUT2D eigenvalue weighted by Crippen LogP contribution is -2.36. The summed E-state index contributed by atoms with van der Waals surface area (Å²) in [5.41, 5.74) is 5.39. The molecule has 3 nitrogen and oxygen atoms in total. The molecule has 0 amide bonds. The van der Waals surface area contributed by atoms with E-state index in [0.29, 0.717) is 12.5 Å². The maximum Gasteiger partial charge on any atom is 0.0581 e. The van der Waals surface area contributed by atoms with Crippen molar-refractivity contribution in [3.8, 4) is 0 Å². The van der Waals surface area contributed by atoms with Crippen LogP contribution in [0.5, 0.6) is 0 Å². The molecule has 1 saturated heterocycles. The highest BCUT2D eigenvalue weighted by atomic mass is 16.3. The van der Waals surface area contributed by atoms with Crippen LogP contribution in [0.1, 0.15) is 19.3 Å². The van der Waals surface area contributed by atoms with Gasteiger partial charge in [-0.05, 0) is 51.9 Å². The first-order chi connectivity index (χ1) is 5.74. The van der Waals surface area contributed by atoms with Crippen LogP contribution in [0, 0.1) is 5.92 Å². The summed E-state index contributed by atoms with van der Waals surface area (Å²) in [5.74, 6) is 0.491. The number of aliphatic hydroxyl groups is 1. The van der Waals surface area contributed by atoms with E-state index in [9.17, 15) is 5.11 Å². The summed E-state index contributed by atoms with van der Waals surface area (Å²) in [6, 6.07) is 0. The predicted molar refractivity (Wildman–Crippen MR) is 49.9 cm³/mol. The molecule has 0 aromatic carbocycles. The Hall–Kier alpha value is -0.120. The number of likely N-dealkylation sites (tertiary alicyclic amines) is 1. The maximum absolute atomic E-state index is 9.66. The van der Waals surface area contributed by atoms with Crippen LogP contribution in [0.15, 0.2) is 0 Å². The van der Waals surface area contributed by atoms with E-state index < -0.39 is 0 Å². The van der Waals surface area contributed by atoms with E-state index in [1.807, 2.05) is 0 Å². The summed E-state index contributed by atoms with van der Waals surface area (Å²) < 4.78 is 0. The Kier molecular flexibility index (Phi) is 3.98. The molecule has 1 rings (SSSR count). The highest BCUT2D eigenvalue weighted by molar-refractivity contribution is 4.76. The molecule has 3 heteroatoms. The number of nitrogens with zero attached hydrogens (tertiary/aromatic N) is 1. The van der Waals surface area contributed by atoms with E-state index in [1.54, 1.807) is 0 Å². The molecule has 1 unspecified atom stereocenters. The first kappa shape index (κ1) is 9.96. The zero-order valence-electron chi connectivity index (χ0n) is 7.87. The van der Waals surface area contributed by atoms with Gasteiger partial charge in [-0.3, -0.25) is 0 Å². The van der Waals surface area contributed by atoms with Crippen LogP contribution in [0.4, 0.5) is 0 Å². The lowest BCUT2D eigenvalue weighted by Gasteiger charge is -2.31. The molecule has 3 N–H and O–H groups in total. The highest BCUT2D eigenvalue weighted by Gasteiger charge is 2.22. The summed E-state index contributed by atoms with van der Waals surface area (Å²) in [7, 11) is 2.13. The fourth-order valence-corrected chi connectivity index (χ4v) is 1.82. The van der Waals surface area contributed by atoms with Crippen LogP contribution in [0.3, 0.4) is 0 Å². The second-order valence-corrected chi connectivity index (χ2v) is 3.79. The first-order valence-corrected chi connectivity index (χ1v) is 4.80. The van der Waals surface area contributed by atoms with Crippen molar-refractivity contribution in [3.05, 3.63) is 0 Å². The molecule has 1 atom stereocenters. The number of nitrogens with two attached hydrogens (primary N) is 1. The maximum atomic E-state index is 9.66. The van der Waals surface area contributed by atoms with E-state index in [2.05, 4.69) is 11.9 Å². The molecule has 0 bridgehead atoms. The normalized spacial score (nSPS) is 24.2. The summed E-state index contributed by atoms with van der Waals surface area (Å²) in [6.07, 6.45) is 2.84. The van der Waals surface area contributed by atoms with Crippen molar-refractivity contribution in [2.45, 2.75) is 25.4 Å². The second-order valence-electron chi connectivity index (χ2n) is 3.79. The Balaban J connectivity index is 2.24. The summed E-state index contributed by atoms with van der Waals surface area (Å²) in [5, 5.41) is 9.66. The fourth-order valence-electron chi connectivity index (χ4n) is 1.82. The molecule has 1 fully saturated rings. The zero-order valence-corrected chi connectivity index (χ0v) is 7.87. The van der Waals surface area contributed by atoms with Gasteiger partial charge in [-0.25, -0.2) is 0 Å². The van der Waals surface area contributed by atoms with Crippen molar-refractivity contribution < 1.29 is 5.11 Å². The minimum absolute atomic E-state index is 0.163. The summed E-state index contributed by atoms with van der Waals surface area (Å²) in [6.45, 7) is 2.84. The van der Waals surface area contributed by atoms with Crippen molar-refractivity contribution in [1.29, 1.82) is 0 Å². The average Bonchev–Trinajstić information content (AvgIpc) is 2.06. The Morgan fingerprint density at radius 2 is 2.08 bits per heavy atom. The quantitative estimate of drug-likeness (QED) is 0.632. The largest absolute Gasteiger partial charge is 0.393 e. The molecule has 0 saturated carbocycles. The van der Waals surface area contributed by atoms with Gasteiger partial charge in [0.25, 0.3) is 0 Å². The van der Waals surface area contributed by atoms with Gasteiger partial charge in [-0.1, -0.05) is 0 Å². The van der Waals surface area contributed by atoms with Gasteiger partial charge in [0.05, 0.1) is 6.10 Å². The SMILES string of the molecule is CN1CCC(C(O)CCN)CC1. The smallest absolute Gasteiger partial charge is 0.0581 e. The molecule has 12 heavy (non-hydrogen) atoms. The van der Waals surface area contributed by atoms with E-state index in [1.165, 1.54) is 0 Å². The summed E-state index contributed by atoms with van der Waals surface area (Å²) in [4.78, 5) is 2.31. The Labute approximate surface area is 74.5 Å². The molecule has 1 aliphatic heterocycles. The summed E-state index contributed by atoms with van der Waals surface area (Å²) >= 11 is 0. The molecule has 0 spiro atoms. The third-order valence-electron chi connectivity index (χ3n) is 2.77. The molecule has 1 heterocycles. The first-order valence-electron chi connectivity index (χ1n) is 4.80. The minimum Gasteiger partial charge on any atom is -0.393 e. The van der Waals surface area contributed by atoms with Gasteiger partial charge in [0.15, 0.2) is 0 Å². The van der Waals surface area contributed by atoms with Crippen LogP contribution in [-0.4, -0.2) is 42.8 Å². The van der Waals surface area contributed by atoms with Crippen molar-refractivity contribution in [1.82, 2.24) is 4.90 Å². The third kappa shape index (κ3) is 2.73. The van der Waals surface area contributed by atoms with E-state index in [-0.39, 0.29) is 6.10 Å². The molecular formula is C9H20N2O. The van der Waals surface area contributed by atoms with Gasteiger partial charge in [-0.2, -0.15) is 0 Å². The van der Waals surface area contributed by atoms with Gasteiger partial charge >= 0.3 is 0 Å². The standard InChI is InChI=1S/C9H20N2O/c1-11-6-3-8(4-7-11)9(12)2-5-10/h8-9,12H,2-7,10H2,1H3. The van der Waals surface area contributed by atoms with Gasteiger partial charge in [0.2, 0.25) is 0 Å².